The van der Waals surface area contributed by atoms with Gasteiger partial charge in [0.25, 0.3) is 0 Å². The van der Waals surface area contributed by atoms with Crippen LogP contribution in [-0.4, -0.2) is 31.5 Å². The number of rotatable bonds is 6. The number of sulfonamides is 1. The zero-order chi connectivity index (χ0) is 21.8. The highest BCUT2D eigenvalue weighted by Crippen LogP contribution is 2.30. The van der Waals surface area contributed by atoms with Crippen LogP contribution in [0.3, 0.4) is 0 Å². The Morgan fingerprint density at radius 1 is 1.00 bits per heavy atom. The standard InChI is InChI=1S/C24H30N4O2S/c1-18(2)19-9-8-15-28(16-14-19)24-21-12-6-7-13-22(21)26-23(27-24)17-25-31(29,30)20-10-4-3-5-11-20/h3-7,10-13,18-19,25H,8-9,14-17H2,1-2H3. The molecule has 0 radical (unpaired) electrons. The van der Waals surface area contributed by atoms with Gasteiger partial charge in [0.05, 0.1) is 17.0 Å². The van der Waals surface area contributed by atoms with Crippen LogP contribution in [0.15, 0.2) is 59.5 Å². The fourth-order valence-corrected chi connectivity index (χ4v) is 5.27. The second-order valence-electron chi connectivity index (χ2n) is 8.54. The minimum absolute atomic E-state index is 0.0531. The quantitative estimate of drug-likeness (QED) is 0.618. The van der Waals surface area contributed by atoms with E-state index in [0.29, 0.717) is 11.7 Å². The molecule has 1 fully saturated rings. The molecule has 0 aliphatic carbocycles. The molecule has 164 valence electrons. The van der Waals surface area contributed by atoms with E-state index in [1.165, 1.54) is 6.42 Å². The summed E-state index contributed by atoms with van der Waals surface area (Å²) in [4.78, 5) is 12.0. The summed E-state index contributed by atoms with van der Waals surface area (Å²) in [5.74, 6) is 2.81. The van der Waals surface area contributed by atoms with Crippen LogP contribution in [0.2, 0.25) is 0 Å². The first-order valence-corrected chi connectivity index (χ1v) is 12.5. The van der Waals surface area contributed by atoms with Crippen LogP contribution < -0.4 is 9.62 Å². The van der Waals surface area contributed by atoms with Crippen LogP contribution in [0.1, 0.15) is 38.9 Å². The zero-order valence-corrected chi connectivity index (χ0v) is 19.0. The van der Waals surface area contributed by atoms with Gasteiger partial charge in [-0.3, -0.25) is 0 Å². The molecule has 3 aromatic rings. The molecule has 2 heterocycles. The van der Waals surface area contributed by atoms with Gasteiger partial charge in [0, 0.05) is 18.5 Å². The van der Waals surface area contributed by atoms with Crippen molar-refractivity contribution in [2.75, 3.05) is 18.0 Å². The Balaban J connectivity index is 1.61. The van der Waals surface area contributed by atoms with Gasteiger partial charge in [-0.05, 0) is 55.4 Å². The number of nitrogens with one attached hydrogen (secondary N) is 1. The Hall–Kier alpha value is -2.51. The summed E-state index contributed by atoms with van der Waals surface area (Å²) in [5.41, 5.74) is 0.839. The first kappa shape index (κ1) is 21.7. The number of hydrogen-bond acceptors (Lipinski definition) is 5. The van der Waals surface area contributed by atoms with E-state index in [4.69, 9.17) is 4.98 Å². The Morgan fingerprint density at radius 2 is 1.74 bits per heavy atom. The molecule has 0 spiro atoms. The van der Waals surface area contributed by atoms with Gasteiger partial charge in [0.2, 0.25) is 10.0 Å². The smallest absolute Gasteiger partial charge is 0.240 e. The Morgan fingerprint density at radius 3 is 2.52 bits per heavy atom. The first-order valence-electron chi connectivity index (χ1n) is 11.0. The lowest BCUT2D eigenvalue weighted by molar-refractivity contribution is 0.351. The lowest BCUT2D eigenvalue weighted by Crippen LogP contribution is -2.28. The van der Waals surface area contributed by atoms with E-state index < -0.39 is 10.0 Å². The highest BCUT2D eigenvalue weighted by Gasteiger charge is 2.22. The molecule has 7 heteroatoms. The van der Waals surface area contributed by atoms with Crippen LogP contribution in [-0.2, 0) is 16.6 Å². The molecule has 4 rings (SSSR count). The van der Waals surface area contributed by atoms with E-state index in [-0.39, 0.29) is 11.4 Å². The van der Waals surface area contributed by atoms with E-state index in [2.05, 4.69) is 28.5 Å². The predicted molar refractivity (Wildman–Crippen MR) is 124 cm³/mol. The maximum Gasteiger partial charge on any atom is 0.240 e. The van der Waals surface area contributed by atoms with Gasteiger partial charge in [-0.1, -0.05) is 44.2 Å². The summed E-state index contributed by atoms with van der Waals surface area (Å²) in [7, 11) is -3.62. The largest absolute Gasteiger partial charge is 0.356 e. The molecule has 1 aliphatic heterocycles. The highest BCUT2D eigenvalue weighted by molar-refractivity contribution is 7.89. The second kappa shape index (κ2) is 9.32. The summed E-state index contributed by atoms with van der Waals surface area (Å²) in [5, 5.41) is 1.01. The summed E-state index contributed by atoms with van der Waals surface area (Å²) >= 11 is 0. The summed E-state index contributed by atoms with van der Waals surface area (Å²) in [6, 6.07) is 16.3. The average molecular weight is 439 g/mol. The molecule has 1 N–H and O–H groups in total. The van der Waals surface area contributed by atoms with Crippen molar-refractivity contribution in [2.24, 2.45) is 11.8 Å². The maximum atomic E-state index is 12.6. The number of anilines is 1. The van der Waals surface area contributed by atoms with Gasteiger partial charge in [-0.15, -0.1) is 0 Å². The Labute approximate surface area is 184 Å². The minimum atomic E-state index is -3.62. The summed E-state index contributed by atoms with van der Waals surface area (Å²) in [6.07, 6.45) is 3.52. The predicted octanol–water partition coefficient (Wildman–Crippen LogP) is 4.37. The van der Waals surface area contributed by atoms with E-state index in [9.17, 15) is 8.42 Å². The third kappa shape index (κ3) is 5.05. The SMILES string of the molecule is CC(C)C1CCCN(c2nc(CNS(=O)(=O)c3ccccc3)nc3ccccc23)CC1. The van der Waals surface area contributed by atoms with Crippen LogP contribution in [0.5, 0.6) is 0 Å². The van der Waals surface area contributed by atoms with E-state index in [1.807, 2.05) is 24.3 Å². The minimum Gasteiger partial charge on any atom is -0.356 e. The fourth-order valence-electron chi connectivity index (χ4n) is 4.27. The molecule has 1 saturated heterocycles. The zero-order valence-electron chi connectivity index (χ0n) is 18.2. The number of fused-ring (bicyclic) bond motifs is 1. The van der Waals surface area contributed by atoms with Crippen molar-refractivity contribution in [1.29, 1.82) is 0 Å². The molecular formula is C24H30N4O2S. The number of nitrogens with zero attached hydrogens (tertiary/aromatic N) is 3. The number of para-hydroxylation sites is 1. The Kier molecular flexibility index (Phi) is 6.53. The van der Waals surface area contributed by atoms with Crippen molar-refractivity contribution < 1.29 is 8.42 Å². The van der Waals surface area contributed by atoms with Crippen LogP contribution >= 0.6 is 0 Å². The van der Waals surface area contributed by atoms with Crippen molar-refractivity contribution in [1.82, 2.24) is 14.7 Å². The molecule has 31 heavy (non-hydrogen) atoms. The van der Waals surface area contributed by atoms with E-state index in [0.717, 1.165) is 48.6 Å². The molecule has 2 aromatic carbocycles. The molecular weight excluding hydrogens is 408 g/mol. The topological polar surface area (TPSA) is 75.2 Å². The first-order chi connectivity index (χ1) is 14.9. The van der Waals surface area contributed by atoms with Gasteiger partial charge >= 0.3 is 0 Å². The molecule has 1 atom stereocenters. The van der Waals surface area contributed by atoms with Crippen molar-refractivity contribution in [3.05, 3.63) is 60.4 Å². The van der Waals surface area contributed by atoms with Crippen LogP contribution in [0.25, 0.3) is 10.9 Å². The fraction of sp³-hybridized carbons (Fsp3) is 0.417. The average Bonchev–Trinajstić information content (AvgIpc) is 3.04. The van der Waals surface area contributed by atoms with Gasteiger partial charge in [-0.2, -0.15) is 0 Å². The molecule has 1 unspecified atom stereocenters. The molecule has 1 aromatic heterocycles. The van der Waals surface area contributed by atoms with E-state index >= 15 is 0 Å². The molecule has 0 amide bonds. The normalized spacial score (nSPS) is 17.8. The summed E-state index contributed by atoms with van der Waals surface area (Å²) < 4.78 is 27.9. The molecule has 6 nitrogen and oxygen atoms in total. The van der Waals surface area contributed by atoms with Crippen molar-refractivity contribution >= 4 is 26.7 Å². The van der Waals surface area contributed by atoms with Crippen molar-refractivity contribution in [2.45, 2.75) is 44.6 Å². The van der Waals surface area contributed by atoms with E-state index in [1.54, 1.807) is 30.3 Å². The van der Waals surface area contributed by atoms with Gasteiger partial charge in [-0.25, -0.2) is 23.1 Å². The monoisotopic (exact) mass is 438 g/mol. The number of benzene rings is 2. The van der Waals surface area contributed by atoms with Gasteiger partial charge < -0.3 is 4.90 Å². The highest BCUT2D eigenvalue weighted by atomic mass is 32.2. The second-order valence-corrected chi connectivity index (χ2v) is 10.3. The van der Waals surface area contributed by atoms with Crippen molar-refractivity contribution in [3.8, 4) is 0 Å². The number of hydrogen-bond donors (Lipinski definition) is 1. The van der Waals surface area contributed by atoms with Crippen LogP contribution in [0, 0.1) is 11.8 Å². The van der Waals surface area contributed by atoms with Gasteiger partial charge in [0.1, 0.15) is 11.6 Å². The third-order valence-corrected chi connectivity index (χ3v) is 7.54. The maximum absolute atomic E-state index is 12.6. The molecule has 0 bridgehead atoms. The van der Waals surface area contributed by atoms with Crippen molar-refractivity contribution in [3.63, 3.8) is 0 Å². The molecule has 0 saturated carbocycles. The number of aromatic nitrogens is 2. The lowest BCUT2D eigenvalue weighted by atomic mass is 9.89. The Bertz CT molecular complexity index is 1130. The lowest BCUT2D eigenvalue weighted by Gasteiger charge is -2.24. The third-order valence-electron chi connectivity index (χ3n) is 6.12. The molecule has 1 aliphatic rings. The summed E-state index contributed by atoms with van der Waals surface area (Å²) in [6.45, 7) is 6.57. The van der Waals surface area contributed by atoms with Crippen LogP contribution in [0.4, 0.5) is 5.82 Å². The van der Waals surface area contributed by atoms with Gasteiger partial charge in [0.15, 0.2) is 0 Å².